The van der Waals surface area contributed by atoms with Crippen molar-refractivity contribution in [2.75, 3.05) is 12.4 Å². The molecule has 0 spiro atoms. The third-order valence-electron chi connectivity index (χ3n) is 3.37. The summed E-state index contributed by atoms with van der Waals surface area (Å²) in [6.07, 6.45) is 2.63. The first-order chi connectivity index (χ1) is 10.2. The summed E-state index contributed by atoms with van der Waals surface area (Å²) < 4.78 is 6.60. The third-order valence-corrected chi connectivity index (χ3v) is 3.37. The highest BCUT2D eigenvalue weighted by molar-refractivity contribution is 5.90. The zero-order valence-corrected chi connectivity index (χ0v) is 12.6. The van der Waals surface area contributed by atoms with E-state index in [0.29, 0.717) is 12.1 Å². The fourth-order valence-corrected chi connectivity index (χ4v) is 2.16. The molecule has 0 aliphatic carbocycles. The van der Waals surface area contributed by atoms with Crippen LogP contribution in [0.25, 0.3) is 0 Å². The van der Waals surface area contributed by atoms with E-state index in [4.69, 9.17) is 4.74 Å². The number of nitrogens with one attached hydrogen (secondary N) is 1. The van der Waals surface area contributed by atoms with Crippen molar-refractivity contribution >= 4 is 11.7 Å². The van der Waals surface area contributed by atoms with Gasteiger partial charge in [-0.2, -0.15) is 0 Å². The molecule has 0 unspecified atom stereocenters. The quantitative estimate of drug-likeness (QED) is 0.826. The molecule has 6 nitrogen and oxygen atoms in total. The Morgan fingerprint density at radius 1 is 1.38 bits per heavy atom. The van der Waals surface area contributed by atoms with Gasteiger partial charge in [-0.1, -0.05) is 18.2 Å². The fraction of sp³-hybridized carbons (Fsp3) is 0.400. The molecule has 0 saturated carbocycles. The van der Waals surface area contributed by atoms with Crippen LogP contribution in [0.15, 0.2) is 24.4 Å². The Kier molecular flexibility index (Phi) is 4.92. The van der Waals surface area contributed by atoms with Crippen molar-refractivity contribution in [2.45, 2.75) is 33.4 Å². The van der Waals surface area contributed by atoms with Crippen molar-refractivity contribution in [3.63, 3.8) is 0 Å². The van der Waals surface area contributed by atoms with Gasteiger partial charge < -0.3 is 10.1 Å². The van der Waals surface area contributed by atoms with E-state index < -0.39 is 0 Å². The van der Waals surface area contributed by atoms with Gasteiger partial charge in [0, 0.05) is 12.2 Å². The molecular formula is C15H20N4O2. The van der Waals surface area contributed by atoms with Crippen molar-refractivity contribution in [3.8, 4) is 0 Å². The SMILES string of the molecule is CCc1ccc(C(=O)OC)cc1NCc1cnnn1CC. The number of methoxy groups -OCH3 is 1. The number of aromatic nitrogens is 3. The standard InChI is InChI=1S/C15H20N4O2/c1-4-11-6-7-12(15(20)21-3)8-14(11)16-9-13-10-17-18-19(13)5-2/h6-8,10,16H,4-5,9H2,1-3H3. The Bertz CT molecular complexity index is 622. The summed E-state index contributed by atoms with van der Waals surface area (Å²) in [7, 11) is 1.38. The Balaban J connectivity index is 2.19. The number of anilines is 1. The van der Waals surface area contributed by atoms with Crippen molar-refractivity contribution in [1.82, 2.24) is 15.0 Å². The maximum Gasteiger partial charge on any atom is 0.337 e. The number of nitrogens with zero attached hydrogens (tertiary/aromatic N) is 3. The van der Waals surface area contributed by atoms with Crippen LogP contribution in [0.5, 0.6) is 0 Å². The molecule has 2 aromatic rings. The molecule has 1 aromatic carbocycles. The second kappa shape index (κ2) is 6.88. The summed E-state index contributed by atoms with van der Waals surface area (Å²) in [5.74, 6) is -0.332. The van der Waals surface area contributed by atoms with E-state index >= 15 is 0 Å². The minimum Gasteiger partial charge on any atom is -0.465 e. The van der Waals surface area contributed by atoms with Gasteiger partial charge >= 0.3 is 5.97 Å². The van der Waals surface area contributed by atoms with Crippen LogP contribution in [0.4, 0.5) is 5.69 Å². The number of esters is 1. The van der Waals surface area contributed by atoms with E-state index in [9.17, 15) is 4.79 Å². The number of hydrogen-bond donors (Lipinski definition) is 1. The van der Waals surface area contributed by atoms with Crippen LogP contribution in [-0.4, -0.2) is 28.1 Å². The van der Waals surface area contributed by atoms with E-state index in [1.165, 1.54) is 7.11 Å². The Labute approximate surface area is 124 Å². The summed E-state index contributed by atoms with van der Waals surface area (Å²) in [6, 6.07) is 5.56. The van der Waals surface area contributed by atoms with E-state index in [1.54, 1.807) is 12.3 Å². The lowest BCUT2D eigenvalue weighted by atomic mass is 10.1. The monoisotopic (exact) mass is 288 g/mol. The second-order valence-corrected chi connectivity index (χ2v) is 4.61. The Hall–Kier alpha value is -2.37. The Morgan fingerprint density at radius 2 is 2.19 bits per heavy atom. The van der Waals surface area contributed by atoms with Crippen LogP contribution in [-0.2, 0) is 24.2 Å². The molecule has 0 fully saturated rings. The average Bonchev–Trinajstić information content (AvgIpc) is 2.99. The van der Waals surface area contributed by atoms with E-state index in [0.717, 1.165) is 29.9 Å². The summed E-state index contributed by atoms with van der Waals surface area (Å²) in [5, 5.41) is 11.3. The first kappa shape index (κ1) is 15.0. The predicted octanol–water partition coefficient (Wildman–Crippen LogP) is 2.26. The highest BCUT2D eigenvalue weighted by atomic mass is 16.5. The van der Waals surface area contributed by atoms with Gasteiger partial charge in [0.1, 0.15) is 0 Å². The van der Waals surface area contributed by atoms with Gasteiger partial charge in [-0.3, -0.25) is 0 Å². The van der Waals surface area contributed by atoms with E-state index in [2.05, 4.69) is 22.6 Å². The smallest absolute Gasteiger partial charge is 0.337 e. The van der Waals surface area contributed by atoms with E-state index in [-0.39, 0.29) is 5.97 Å². The molecule has 1 heterocycles. The van der Waals surface area contributed by atoms with Gasteiger partial charge in [0.05, 0.1) is 31.1 Å². The minimum absolute atomic E-state index is 0.332. The van der Waals surface area contributed by atoms with Crippen LogP contribution in [0, 0.1) is 0 Å². The molecule has 1 aromatic heterocycles. The fourth-order valence-electron chi connectivity index (χ4n) is 2.16. The normalized spacial score (nSPS) is 10.4. The number of hydrogen-bond acceptors (Lipinski definition) is 5. The van der Waals surface area contributed by atoms with Gasteiger partial charge in [-0.25, -0.2) is 9.48 Å². The van der Waals surface area contributed by atoms with Crippen molar-refractivity contribution in [3.05, 3.63) is 41.2 Å². The van der Waals surface area contributed by atoms with Crippen LogP contribution in [0.2, 0.25) is 0 Å². The molecule has 1 N–H and O–H groups in total. The zero-order chi connectivity index (χ0) is 15.2. The number of benzene rings is 1. The van der Waals surface area contributed by atoms with Crippen LogP contribution < -0.4 is 5.32 Å². The van der Waals surface area contributed by atoms with Crippen molar-refractivity contribution < 1.29 is 9.53 Å². The molecule has 6 heteroatoms. The molecule has 112 valence electrons. The zero-order valence-electron chi connectivity index (χ0n) is 12.6. The molecule has 0 amide bonds. The van der Waals surface area contributed by atoms with Gasteiger partial charge in [0.2, 0.25) is 0 Å². The predicted molar refractivity (Wildman–Crippen MR) is 80.2 cm³/mol. The summed E-state index contributed by atoms with van der Waals surface area (Å²) in [4.78, 5) is 11.6. The van der Waals surface area contributed by atoms with E-state index in [1.807, 2.05) is 23.7 Å². The molecule has 2 rings (SSSR count). The summed E-state index contributed by atoms with van der Waals surface area (Å²) >= 11 is 0. The highest BCUT2D eigenvalue weighted by Gasteiger charge is 2.10. The summed E-state index contributed by atoms with van der Waals surface area (Å²) in [5.41, 5.74) is 3.63. The molecule has 0 atom stereocenters. The third kappa shape index (κ3) is 3.39. The number of carbonyl (C=O) groups excluding carboxylic acids is 1. The molecule has 0 bridgehead atoms. The van der Waals surface area contributed by atoms with Crippen molar-refractivity contribution in [1.29, 1.82) is 0 Å². The largest absolute Gasteiger partial charge is 0.465 e. The van der Waals surface area contributed by atoms with Gasteiger partial charge in [-0.15, -0.1) is 5.10 Å². The topological polar surface area (TPSA) is 69.0 Å². The number of ether oxygens (including phenoxy) is 1. The first-order valence-electron chi connectivity index (χ1n) is 7.02. The summed E-state index contributed by atoms with van der Waals surface area (Å²) in [6.45, 7) is 5.49. The molecule has 0 aliphatic rings. The lowest BCUT2D eigenvalue weighted by Crippen LogP contribution is -2.10. The number of rotatable bonds is 6. The van der Waals surface area contributed by atoms with Crippen molar-refractivity contribution in [2.24, 2.45) is 0 Å². The number of carbonyl (C=O) groups is 1. The molecule has 0 saturated heterocycles. The maximum atomic E-state index is 11.6. The van der Waals surface area contributed by atoms with Crippen LogP contribution in [0.1, 0.15) is 35.5 Å². The second-order valence-electron chi connectivity index (χ2n) is 4.61. The lowest BCUT2D eigenvalue weighted by Gasteiger charge is -2.12. The average molecular weight is 288 g/mol. The van der Waals surface area contributed by atoms with Gasteiger partial charge in [0.15, 0.2) is 0 Å². The van der Waals surface area contributed by atoms with Gasteiger partial charge in [-0.05, 0) is 31.0 Å². The Morgan fingerprint density at radius 3 is 2.86 bits per heavy atom. The molecule has 0 aliphatic heterocycles. The molecule has 0 radical (unpaired) electrons. The lowest BCUT2D eigenvalue weighted by molar-refractivity contribution is 0.0601. The van der Waals surface area contributed by atoms with Crippen LogP contribution >= 0.6 is 0 Å². The first-order valence-corrected chi connectivity index (χ1v) is 7.02. The van der Waals surface area contributed by atoms with Gasteiger partial charge in [0.25, 0.3) is 0 Å². The molecular weight excluding hydrogens is 268 g/mol. The highest BCUT2D eigenvalue weighted by Crippen LogP contribution is 2.20. The molecule has 21 heavy (non-hydrogen) atoms. The van der Waals surface area contributed by atoms with Crippen LogP contribution in [0.3, 0.4) is 0 Å². The minimum atomic E-state index is -0.332. The number of aryl methyl sites for hydroxylation is 2. The maximum absolute atomic E-state index is 11.6.